The second-order valence-corrected chi connectivity index (χ2v) is 4.99. The van der Waals surface area contributed by atoms with Gasteiger partial charge in [-0.15, -0.1) is 0 Å². The van der Waals surface area contributed by atoms with Crippen LogP contribution < -0.4 is 4.90 Å². The van der Waals surface area contributed by atoms with Gasteiger partial charge in [-0.2, -0.15) is 0 Å². The molecule has 0 bridgehead atoms. The van der Waals surface area contributed by atoms with E-state index in [1.807, 2.05) is 12.1 Å². The van der Waals surface area contributed by atoms with E-state index in [0.717, 1.165) is 37.2 Å². The standard InChI is InChI=1S/C13H18ClNO2/c14-12-6-10(8-16)3-4-13(12)15-5-1-2-11(7-15)9-17/h3-4,6,11,16-17H,1-2,5,7-9H2. The van der Waals surface area contributed by atoms with Crippen molar-refractivity contribution < 1.29 is 10.2 Å². The molecule has 0 aromatic heterocycles. The topological polar surface area (TPSA) is 43.7 Å². The van der Waals surface area contributed by atoms with E-state index in [9.17, 15) is 5.11 Å². The average Bonchev–Trinajstić information content (AvgIpc) is 2.38. The number of hydrogen-bond donors (Lipinski definition) is 2. The van der Waals surface area contributed by atoms with Crippen LogP contribution >= 0.6 is 11.6 Å². The van der Waals surface area contributed by atoms with E-state index < -0.39 is 0 Å². The lowest BCUT2D eigenvalue weighted by molar-refractivity contribution is 0.209. The Bertz CT molecular complexity index is 384. The van der Waals surface area contributed by atoms with Crippen molar-refractivity contribution in [3.63, 3.8) is 0 Å². The van der Waals surface area contributed by atoms with Crippen molar-refractivity contribution in [1.82, 2.24) is 0 Å². The molecule has 4 heteroatoms. The number of anilines is 1. The summed E-state index contributed by atoms with van der Waals surface area (Å²) in [5.74, 6) is 0.345. The Hall–Kier alpha value is -0.770. The van der Waals surface area contributed by atoms with E-state index in [0.29, 0.717) is 10.9 Å². The number of halogens is 1. The summed E-state index contributed by atoms with van der Waals surface area (Å²) in [5.41, 5.74) is 1.83. The summed E-state index contributed by atoms with van der Waals surface area (Å²) in [6, 6.07) is 5.65. The quantitative estimate of drug-likeness (QED) is 0.869. The van der Waals surface area contributed by atoms with Gasteiger partial charge in [0.15, 0.2) is 0 Å². The van der Waals surface area contributed by atoms with Crippen LogP contribution in [0.3, 0.4) is 0 Å². The molecule has 2 rings (SSSR count). The van der Waals surface area contributed by atoms with Gasteiger partial charge < -0.3 is 15.1 Å². The molecule has 1 saturated heterocycles. The largest absolute Gasteiger partial charge is 0.396 e. The van der Waals surface area contributed by atoms with E-state index in [4.69, 9.17) is 16.7 Å². The maximum absolute atomic E-state index is 9.21. The van der Waals surface area contributed by atoms with E-state index >= 15 is 0 Å². The summed E-state index contributed by atoms with van der Waals surface area (Å²) in [5, 5.41) is 18.9. The Kier molecular flexibility index (Phi) is 4.26. The first-order valence-corrected chi connectivity index (χ1v) is 6.37. The van der Waals surface area contributed by atoms with Crippen LogP contribution in [0.25, 0.3) is 0 Å². The normalized spacial score (nSPS) is 20.6. The minimum Gasteiger partial charge on any atom is -0.396 e. The number of aliphatic hydroxyl groups excluding tert-OH is 2. The lowest BCUT2D eigenvalue weighted by atomic mass is 9.98. The highest BCUT2D eigenvalue weighted by molar-refractivity contribution is 6.33. The predicted molar refractivity (Wildman–Crippen MR) is 69.4 cm³/mol. The van der Waals surface area contributed by atoms with Crippen LogP contribution in [0.15, 0.2) is 18.2 Å². The van der Waals surface area contributed by atoms with Gasteiger partial charge in [0.1, 0.15) is 0 Å². The molecule has 2 N–H and O–H groups in total. The third-order valence-electron chi connectivity index (χ3n) is 3.31. The number of aliphatic hydroxyl groups is 2. The molecule has 0 saturated carbocycles. The molecule has 0 radical (unpaired) electrons. The van der Waals surface area contributed by atoms with Crippen molar-refractivity contribution in [3.8, 4) is 0 Å². The molecule has 94 valence electrons. The molecule has 1 aliphatic heterocycles. The van der Waals surface area contributed by atoms with Gasteiger partial charge in [-0.25, -0.2) is 0 Å². The zero-order valence-corrected chi connectivity index (χ0v) is 10.5. The van der Waals surface area contributed by atoms with Gasteiger partial charge in [0.25, 0.3) is 0 Å². The molecule has 1 heterocycles. The second kappa shape index (κ2) is 5.71. The van der Waals surface area contributed by atoms with Gasteiger partial charge in [0, 0.05) is 19.7 Å². The van der Waals surface area contributed by atoms with E-state index in [2.05, 4.69) is 4.90 Å². The van der Waals surface area contributed by atoms with Crippen LogP contribution in [0.5, 0.6) is 0 Å². The Morgan fingerprint density at radius 2 is 2.18 bits per heavy atom. The van der Waals surface area contributed by atoms with Crippen LogP contribution in [0.2, 0.25) is 5.02 Å². The summed E-state index contributed by atoms with van der Waals surface area (Å²) in [6.07, 6.45) is 2.17. The fourth-order valence-corrected chi connectivity index (χ4v) is 2.66. The molecule has 1 aromatic rings. The summed E-state index contributed by atoms with van der Waals surface area (Å²) < 4.78 is 0. The predicted octanol–water partition coefficient (Wildman–Crippen LogP) is 2.04. The molecule has 1 aromatic carbocycles. The molecular weight excluding hydrogens is 238 g/mol. The Labute approximate surface area is 107 Å². The van der Waals surface area contributed by atoms with Crippen LogP contribution in [-0.2, 0) is 6.61 Å². The second-order valence-electron chi connectivity index (χ2n) is 4.58. The molecule has 0 spiro atoms. The maximum Gasteiger partial charge on any atom is 0.0682 e. The third-order valence-corrected chi connectivity index (χ3v) is 3.62. The molecule has 0 aliphatic carbocycles. The van der Waals surface area contributed by atoms with Crippen molar-refractivity contribution in [2.24, 2.45) is 5.92 Å². The number of rotatable bonds is 3. The summed E-state index contributed by atoms with van der Waals surface area (Å²) >= 11 is 6.22. The molecule has 1 aliphatic rings. The van der Waals surface area contributed by atoms with Crippen molar-refractivity contribution >= 4 is 17.3 Å². The number of hydrogen-bond acceptors (Lipinski definition) is 3. The van der Waals surface area contributed by atoms with Crippen molar-refractivity contribution in [1.29, 1.82) is 0 Å². The molecule has 17 heavy (non-hydrogen) atoms. The van der Waals surface area contributed by atoms with Gasteiger partial charge in [0.2, 0.25) is 0 Å². The van der Waals surface area contributed by atoms with Crippen LogP contribution in [-0.4, -0.2) is 29.9 Å². The van der Waals surface area contributed by atoms with Crippen LogP contribution in [0.4, 0.5) is 5.69 Å². The monoisotopic (exact) mass is 255 g/mol. The van der Waals surface area contributed by atoms with Gasteiger partial charge in [0.05, 0.1) is 17.3 Å². The smallest absolute Gasteiger partial charge is 0.0682 e. The molecule has 3 nitrogen and oxygen atoms in total. The zero-order chi connectivity index (χ0) is 12.3. The van der Waals surface area contributed by atoms with Crippen molar-refractivity contribution in [2.45, 2.75) is 19.4 Å². The first kappa shape index (κ1) is 12.7. The first-order valence-electron chi connectivity index (χ1n) is 5.99. The minimum atomic E-state index is 0.0132. The summed E-state index contributed by atoms with van der Waals surface area (Å²) in [7, 11) is 0. The fraction of sp³-hybridized carbons (Fsp3) is 0.538. The Balaban J connectivity index is 2.16. The van der Waals surface area contributed by atoms with E-state index in [1.165, 1.54) is 0 Å². The number of benzene rings is 1. The van der Waals surface area contributed by atoms with Gasteiger partial charge in [-0.1, -0.05) is 17.7 Å². The highest BCUT2D eigenvalue weighted by atomic mass is 35.5. The highest BCUT2D eigenvalue weighted by Gasteiger charge is 2.20. The van der Waals surface area contributed by atoms with Gasteiger partial charge in [-0.3, -0.25) is 0 Å². The molecule has 0 amide bonds. The first-order chi connectivity index (χ1) is 8.24. The molecule has 1 fully saturated rings. The zero-order valence-electron chi connectivity index (χ0n) is 9.77. The number of piperidine rings is 1. The summed E-state index contributed by atoms with van der Waals surface area (Å²) in [6.45, 7) is 2.09. The Morgan fingerprint density at radius 3 is 2.82 bits per heavy atom. The van der Waals surface area contributed by atoms with Crippen LogP contribution in [0, 0.1) is 5.92 Å². The molecule has 1 unspecified atom stereocenters. The molecular formula is C13H18ClNO2. The van der Waals surface area contributed by atoms with Crippen LogP contribution in [0.1, 0.15) is 18.4 Å². The van der Waals surface area contributed by atoms with Crippen molar-refractivity contribution in [2.75, 3.05) is 24.6 Å². The third kappa shape index (κ3) is 2.92. The lowest BCUT2D eigenvalue weighted by Gasteiger charge is -2.34. The lowest BCUT2D eigenvalue weighted by Crippen LogP contribution is -2.36. The maximum atomic E-state index is 9.21. The molecule has 1 atom stereocenters. The minimum absolute atomic E-state index is 0.0132. The fourth-order valence-electron chi connectivity index (χ4n) is 2.34. The average molecular weight is 256 g/mol. The SMILES string of the molecule is OCc1ccc(N2CCCC(CO)C2)c(Cl)c1. The van der Waals surface area contributed by atoms with Gasteiger partial charge in [-0.05, 0) is 36.5 Å². The number of nitrogens with zero attached hydrogens (tertiary/aromatic N) is 1. The van der Waals surface area contributed by atoms with Crippen molar-refractivity contribution in [3.05, 3.63) is 28.8 Å². The highest BCUT2D eigenvalue weighted by Crippen LogP contribution is 2.30. The summed E-state index contributed by atoms with van der Waals surface area (Å²) in [4.78, 5) is 2.22. The van der Waals surface area contributed by atoms with E-state index in [1.54, 1.807) is 6.07 Å². The van der Waals surface area contributed by atoms with E-state index in [-0.39, 0.29) is 13.2 Å². The Morgan fingerprint density at radius 1 is 1.35 bits per heavy atom. The van der Waals surface area contributed by atoms with Gasteiger partial charge >= 0.3 is 0 Å².